The number of benzene rings is 2. The predicted molar refractivity (Wildman–Crippen MR) is 106 cm³/mol. The van der Waals surface area contributed by atoms with Crippen LogP contribution >= 0.6 is 0 Å². The average molecular weight is 382 g/mol. The van der Waals surface area contributed by atoms with Crippen molar-refractivity contribution in [2.24, 2.45) is 5.92 Å². The van der Waals surface area contributed by atoms with Crippen molar-refractivity contribution in [2.45, 2.75) is 32.7 Å². The smallest absolute Gasteiger partial charge is 0.249 e. The highest BCUT2D eigenvalue weighted by Crippen LogP contribution is 2.15. The van der Waals surface area contributed by atoms with Crippen molar-refractivity contribution in [1.29, 1.82) is 0 Å². The second kappa shape index (κ2) is 8.65. The summed E-state index contributed by atoms with van der Waals surface area (Å²) in [7, 11) is 0. The Morgan fingerprint density at radius 1 is 1.11 bits per heavy atom. The molecule has 0 aliphatic rings. The van der Waals surface area contributed by atoms with Gasteiger partial charge in [0, 0.05) is 0 Å². The van der Waals surface area contributed by atoms with E-state index in [0.29, 0.717) is 17.9 Å². The Labute approximate surface area is 162 Å². The fourth-order valence-electron chi connectivity index (χ4n) is 2.98. The molecule has 0 fully saturated rings. The van der Waals surface area contributed by atoms with Crippen molar-refractivity contribution in [2.75, 3.05) is 5.32 Å². The summed E-state index contributed by atoms with van der Waals surface area (Å²) in [5, 5.41) is 5.44. The molecule has 2 amide bonds. The van der Waals surface area contributed by atoms with Gasteiger partial charge in [-0.1, -0.05) is 44.2 Å². The number of H-pyrrole nitrogens is 1. The SMILES string of the molecule is CC(C)CC(NC(=O)Cc1ccccc1F)C(=O)Nc1nc2ccccc2[nH]1. The van der Waals surface area contributed by atoms with Crippen LogP contribution in [0.3, 0.4) is 0 Å². The molecule has 1 heterocycles. The highest BCUT2D eigenvalue weighted by Gasteiger charge is 2.23. The van der Waals surface area contributed by atoms with Gasteiger partial charge < -0.3 is 10.3 Å². The number of hydrogen-bond acceptors (Lipinski definition) is 3. The van der Waals surface area contributed by atoms with E-state index in [1.165, 1.54) is 6.07 Å². The molecule has 0 saturated heterocycles. The standard InChI is InChI=1S/C21H23FN4O2/c1-13(2)11-18(23-19(27)12-14-7-3-4-8-15(14)22)20(28)26-21-24-16-9-5-6-10-17(16)25-21/h3-10,13,18H,11-12H2,1-2H3,(H,23,27)(H2,24,25,26,28). The first-order valence-electron chi connectivity index (χ1n) is 9.20. The van der Waals surface area contributed by atoms with Crippen LogP contribution in [0.15, 0.2) is 48.5 Å². The summed E-state index contributed by atoms with van der Waals surface area (Å²) < 4.78 is 13.8. The van der Waals surface area contributed by atoms with Crippen LogP contribution in [-0.2, 0) is 16.0 Å². The molecule has 6 nitrogen and oxygen atoms in total. The van der Waals surface area contributed by atoms with Gasteiger partial charge in [-0.3, -0.25) is 14.9 Å². The summed E-state index contributed by atoms with van der Waals surface area (Å²) in [6.45, 7) is 3.93. The second-order valence-corrected chi connectivity index (χ2v) is 7.11. The largest absolute Gasteiger partial charge is 0.344 e. The van der Waals surface area contributed by atoms with E-state index >= 15 is 0 Å². The molecule has 3 rings (SSSR count). The van der Waals surface area contributed by atoms with Gasteiger partial charge >= 0.3 is 0 Å². The number of aromatic nitrogens is 2. The topological polar surface area (TPSA) is 86.9 Å². The Hall–Kier alpha value is -3.22. The molecule has 0 bridgehead atoms. The van der Waals surface area contributed by atoms with Gasteiger partial charge in [0.1, 0.15) is 11.9 Å². The minimum atomic E-state index is -0.743. The van der Waals surface area contributed by atoms with Crippen LogP contribution in [0.4, 0.5) is 10.3 Å². The van der Waals surface area contributed by atoms with E-state index in [9.17, 15) is 14.0 Å². The number of hydrogen-bond donors (Lipinski definition) is 3. The Kier molecular flexibility index (Phi) is 6.03. The van der Waals surface area contributed by atoms with Crippen LogP contribution in [0.25, 0.3) is 11.0 Å². The molecule has 28 heavy (non-hydrogen) atoms. The van der Waals surface area contributed by atoms with Crippen LogP contribution in [0, 0.1) is 11.7 Å². The third kappa shape index (κ3) is 4.94. The van der Waals surface area contributed by atoms with Gasteiger partial charge in [0.25, 0.3) is 0 Å². The van der Waals surface area contributed by atoms with E-state index in [-0.39, 0.29) is 18.2 Å². The molecule has 0 saturated carbocycles. The fraction of sp³-hybridized carbons (Fsp3) is 0.286. The molecule has 0 spiro atoms. The average Bonchev–Trinajstić information content (AvgIpc) is 3.05. The van der Waals surface area contributed by atoms with Gasteiger partial charge in [-0.15, -0.1) is 0 Å². The minimum Gasteiger partial charge on any atom is -0.344 e. The van der Waals surface area contributed by atoms with E-state index in [0.717, 1.165) is 11.0 Å². The molecule has 0 radical (unpaired) electrons. The van der Waals surface area contributed by atoms with Crippen molar-refractivity contribution in [1.82, 2.24) is 15.3 Å². The molecular weight excluding hydrogens is 359 g/mol. The van der Waals surface area contributed by atoms with E-state index in [1.807, 2.05) is 38.1 Å². The summed E-state index contributed by atoms with van der Waals surface area (Å²) in [4.78, 5) is 32.4. The van der Waals surface area contributed by atoms with Gasteiger partial charge in [0.15, 0.2) is 0 Å². The number of amides is 2. The number of anilines is 1. The van der Waals surface area contributed by atoms with Gasteiger partial charge in [0.05, 0.1) is 17.5 Å². The Morgan fingerprint density at radius 3 is 2.54 bits per heavy atom. The molecule has 3 N–H and O–H groups in total. The lowest BCUT2D eigenvalue weighted by Gasteiger charge is -2.19. The quantitative estimate of drug-likeness (QED) is 0.585. The van der Waals surface area contributed by atoms with Crippen LogP contribution in [0.1, 0.15) is 25.8 Å². The third-order valence-corrected chi connectivity index (χ3v) is 4.30. The van der Waals surface area contributed by atoms with Crippen LogP contribution in [-0.4, -0.2) is 27.8 Å². The first-order valence-corrected chi connectivity index (χ1v) is 9.20. The molecule has 0 aliphatic heterocycles. The molecule has 7 heteroatoms. The van der Waals surface area contributed by atoms with Crippen molar-refractivity contribution < 1.29 is 14.0 Å². The molecule has 2 aromatic carbocycles. The Bertz CT molecular complexity index is 950. The van der Waals surface area contributed by atoms with E-state index in [1.54, 1.807) is 18.2 Å². The predicted octanol–water partition coefficient (Wildman–Crippen LogP) is 3.41. The number of carbonyl (C=O) groups is 2. The van der Waals surface area contributed by atoms with Gasteiger partial charge in [-0.05, 0) is 36.1 Å². The van der Waals surface area contributed by atoms with Crippen molar-refractivity contribution in [3.63, 3.8) is 0 Å². The monoisotopic (exact) mass is 382 g/mol. The van der Waals surface area contributed by atoms with Crippen molar-refractivity contribution >= 4 is 28.8 Å². The van der Waals surface area contributed by atoms with Crippen LogP contribution < -0.4 is 10.6 Å². The maximum Gasteiger partial charge on any atom is 0.249 e. The lowest BCUT2D eigenvalue weighted by atomic mass is 10.0. The zero-order chi connectivity index (χ0) is 20.1. The fourth-order valence-corrected chi connectivity index (χ4v) is 2.98. The summed E-state index contributed by atoms with van der Waals surface area (Å²) in [6.07, 6.45) is 0.328. The van der Waals surface area contributed by atoms with Crippen LogP contribution in [0.5, 0.6) is 0 Å². The van der Waals surface area contributed by atoms with E-state index < -0.39 is 17.8 Å². The number of nitrogens with one attached hydrogen (secondary N) is 3. The Balaban J connectivity index is 1.68. The molecule has 1 aromatic heterocycles. The number of aromatic amines is 1. The number of para-hydroxylation sites is 2. The zero-order valence-electron chi connectivity index (χ0n) is 15.8. The van der Waals surface area contributed by atoms with Crippen molar-refractivity contribution in [3.8, 4) is 0 Å². The molecule has 146 valence electrons. The highest BCUT2D eigenvalue weighted by molar-refractivity contribution is 5.97. The molecule has 3 aromatic rings. The summed E-state index contributed by atoms with van der Waals surface area (Å²) >= 11 is 0. The molecule has 1 atom stereocenters. The highest BCUT2D eigenvalue weighted by atomic mass is 19.1. The summed E-state index contributed by atoms with van der Waals surface area (Å²) in [5.41, 5.74) is 1.84. The van der Waals surface area contributed by atoms with Gasteiger partial charge in [0.2, 0.25) is 17.8 Å². The molecule has 1 unspecified atom stereocenters. The van der Waals surface area contributed by atoms with Gasteiger partial charge in [-0.25, -0.2) is 9.37 Å². The number of halogens is 1. The molecular formula is C21H23FN4O2. The molecule has 0 aliphatic carbocycles. The normalized spacial score (nSPS) is 12.1. The number of nitrogens with zero attached hydrogens (tertiary/aromatic N) is 1. The van der Waals surface area contributed by atoms with Gasteiger partial charge in [-0.2, -0.15) is 0 Å². The lowest BCUT2D eigenvalue weighted by Crippen LogP contribution is -2.45. The minimum absolute atomic E-state index is 0.126. The first-order chi connectivity index (χ1) is 13.4. The number of carbonyl (C=O) groups excluding carboxylic acids is 2. The maximum absolute atomic E-state index is 13.8. The number of fused-ring (bicyclic) bond motifs is 1. The van der Waals surface area contributed by atoms with Crippen LogP contribution in [0.2, 0.25) is 0 Å². The lowest BCUT2D eigenvalue weighted by molar-refractivity contribution is -0.126. The second-order valence-electron chi connectivity index (χ2n) is 7.11. The Morgan fingerprint density at radius 2 is 1.82 bits per heavy atom. The summed E-state index contributed by atoms with van der Waals surface area (Å²) in [6, 6.07) is 12.8. The third-order valence-electron chi connectivity index (χ3n) is 4.30. The maximum atomic E-state index is 13.8. The number of rotatable bonds is 7. The number of imidazole rings is 1. The summed E-state index contributed by atoms with van der Waals surface area (Å²) in [5.74, 6) is -0.710. The van der Waals surface area contributed by atoms with E-state index in [4.69, 9.17) is 0 Å². The van der Waals surface area contributed by atoms with Crippen molar-refractivity contribution in [3.05, 3.63) is 59.9 Å². The van der Waals surface area contributed by atoms with E-state index in [2.05, 4.69) is 20.6 Å². The zero-order valence-corrected chi connectivity index (χ0v) is 15.8. The first kappa shape index (κ1) is 19.5.